The summed E-state index contributed by atoms with van der Waals surface area (Å²) < 4.78 is 0.841. The zero-order chi connectivity index (χ0) is 14.1. The molecule has 0 saturated heterocycles. The third-order valence-corrected chi connectivity index (χ3v) is 5.35. The van der Waals surface area contributed by atoms with Gasteiger partial charge < -0.3 is 11.1 Å². The second-order valence-electron chi connectivity index (χ2n) is 4.97. The van der Waals surface area contributed by atoms with Crippen molar-refractivity contribution in [1.82, 2.24) is 0 Å². The molecule has 20 heavy (non-hydrogen) atoms. The Labute approximate surface area is 130 Å². The van der Waals surface area contributed by atoms with E-state index in [0.29, 0.717) is 5.69 Å². The number of anilines is 2. The number of amides is 1. The molecule has 104 valence electrons. The summed E-state index contributed by atoms with van der Waals surface area (Å²) in [4.78, 5) is 13.8. The first-order valence-corrected chi connectivity index (χ1v) is 8.24. The van der Waals surface area contributed by atoms with Crippen LogP contribution < -0.4 is 11.1 Å². The molecule has 0 fully saturated rings. The number of aryl methyl sites for hydroxylation is 1. The number of hydrogen-bond donors (Lipinski definition) is 2. The van der Waals surface area contributed by atoms with Gasteiger partial charge in [-0.3, -0.25) is 4.79 Å². The van der Waals surface area contributed by atoms with E-state index in [1.807, 2.05) is 12.1 Å². The van der Waals surface area contributed by atoms with Crippen molar-refractivity contribution in [3.8, 4) is 0 Å². The SMILES string of the molecule is Nc1cc(NC(=O)C2CCCc3sccc32)ccc1Br. The first kappa shape index (κ1) is 13.6. The molecule has 0 saturated carbocycles. The normalized spacial score (nSPS) is 17.6. The van der Waals surface area contributed by atoms with Gasteiger partial charge >= 0.3 is 0 Å². The van der Waals surface area contributed by atoms with E-state index in [9.17, 15) is 4.79 Å². The summed E-state index contributed by atoms with van der Waals surface area (Å²) in [6, 6.07) is 7.57. The zero-order valence-electron chi connectivity index (χ0n) is 10.9. The quantitative estimate of drug-likeness (QED) is 0.799. The van der Waals surface area contributed by atoms with Crippen LogP contribution >= 0.6 is 27.3 Å². The van der Waals surface area contributed by atoms with Crippen molar-refractivity contribution in [3.05, 3.63) is 44.6 Å². The molecule has 3 N–H and O–H groups in total. The number of thiophene rings is 1. The van der Waals surface area contributed by atoms with Crippen LogP contribution in [-0.4, -0.2) is 5.91 Å². The van der Waals surface area contributed by atoms with Gasteiger partial charge in [0.25, 0.3) is 0 Å². The molecule has 1 aliphatic rings. The van der Waals surface area contributed by atoms with Crippen LogP contribution in [0, 0.1) is 0 Å². The maximum absolute atomic E-state index is 12.5. The van der Waals surface area contributed by atoms with E-state index < -0.39 is 0 Å². The summed E-state index contributed by atoms with van der Waals surface area (Å²) in [5.74, 6) is 0.0287. The van der Waals surface area contributed by atoms with Gasteiger partial charge in [-0.25, -0.2) is 0 Å². The molecule has 1 aromatic heterocycles. The molecule has 1 aromatic carbocycles. The number of rotatable bonds is 2. The van der Waals surface area contributed by atoms with Crippen molar-refractivity contribution in [2.45, 2.75) is 25.2 Å². The molecule has 3 rings (SSSR count). The fourth-order valence-corrected chi connectivity index (χ4v) is 3.84. The van der Waals surface area contributed by atoms with Crippen molar-refractivity contribution < 1.29 is 4.79 Å². The second kappa shape index (κ2) is 5.58. The minimum absolute atomic E-state index is 0.0325. The highest BCUT2D eigenvalue weighted by atomic mass is 79.9. The molecule has 1 amide bonds. The number of fused-ring (bicyclic) bond motifs is 1. The molecule has 1 heterocycles. The Morgan fingerprint density at radius 3 is 3.05 bits per heavy atom. The molecule has 3 nitrogen and oxygen atoms in total. The van der Waals surface area contributed by atoms with E-state index in [4.69, 9.17) is 5.73 Å². The third kappa shape index (κ3) is 2.60. The number of nitrogen functional groups attached to an aromatic ring is 1. The molecular formula is C15H15BrN2OS. The highest BCUT2D eigenvalue weighted by Gasteiger charge is 2.27. The lowest BCUT2D eigenvalue weighted by molar-refractivity contribution is -0.117. The van der Waals surface area contributed by atoms with E-state index in [1.54, 1.807) is 17.4 Å². The first-order chi connectivity index (χ1) is 9.65. The second-order valence-corrected chi connectivity index (χ2v) is 6.82. The molecule has 2 aromatic rings. The van der Waals surface area contributed by atoms with Gasteiger partial charge in [0.2, 0.25) is 5.91 Å². The first-order valence-electron chi connectivity index (χ1n) is 6.57. The van der Waals surface area contributed by atoms with E-state index in [2.05, 4.69) is 32.7 Å². The predicted molar refractivity (Wildman–Crippen MR) is 87.2 cm³/mol. The molecule has 0 aliphatic heterocycles. The summed E-state index contributed by atoms with van der Waals surface area (Å²) in [7, 11) is 0. The highest BCUT2D eigenvalue weighted by Crippen LogP contribution is 2.35. The van der Waals surface area contributed by atoms with Crippen LogP contribution in [0.15, 0.2) is 34.1 Å². The molecule has 0 bridgehead atoms. The van der Waals surface area contributed by atoms with Crippen LogP contribution in [0.25, 0.3) is 0 Å². The molecule has 1 unspecified atom stereocenters. The van der Waals surface area contributed by atoms with Gasteiger partial charge in [-0.05, 0) is 70.4 Å². The number of nitrogens with two attached hydrogens (primary N) is 1. The van der Waals surface area contributed by atoms with Gasteiger partial charge in [-0.1, -0.05) is 0 Å². The minimum atomic E-state index is -0.0325. The number of carbonyl (C=O) groups excluding carboxylic acids is 1. The Balaban J connectivity index is 1.79. The molecule has 1 aliphatic carbocycles. The Morgan fingerprint density at radius 1 is 1.40 bits per heavy atom. The van der Waals surface area contributed by atoms with Gasteiger partial charge in [0.05, 0.1) is 5.92 Å². The summed E-state index contributed by atoms with van der Waals surface area (Å²) in [5, 5.41) is 5.05. The maximum Gasteiger partial charge on any atom is 0.231 e. The molecule has 0 spiro atoms. The van der Waals surface area contributed by atoms with Crippen molar-refractivity contribution >= 4 is 44.5 Å². The summed E-state index contributed by atoms with van der Waals surface area (Å²) in [6.45, 7) is 0. The van der Waals surface area contributed by atoms with Crippen LogP contribution in [0.4, 0.5) is 11.4 Å². The fourth-order valence-electron chi connectivity index (χ4n) is 2.61. The number of benzene rings is 1. The number of nitrogens with one attached hydrogen (secondary N) is 1. The van der Waals surface area contributed by atoms with E-state index in [0.717, 1.165) is 29.4 Å². The van der Waals surface area contributed by atoms with E-state index in [1.165, 1.54) is 10.4 Å². The fraction of sp³-hybridized carbons (Fsp3) is 0.267. The van der Waals surface area contributed by atoms with Crippen molar-refractivity contribution in [2.75, 3.05) is 11.1 Å². The van der Waals surface area contributed by atoms with Crippen LogP contribution in [-0.2, 0) is 11.2 Å². The Hall–Kier alpha value is -1.33. The zero-order valence-corrected chi connectivity index (χ0v) is 13.3. The predicted octanol–water partition coefficient (Wildman–Crippen LogP) is 4.15. The van der Waals surface area contributed by atoms with Crippen molar-refractivity contribution in [2.24, 2.45) is 0 Å². The third-order valence-electron chi connectivity index (χ3n) is 3.63. The molecular weight excluding hydrogens is 336 g/mol. The average molecular weight is 351 g/mol. The van der Waals surface area contributed by atoms with Gasteiger partial charge in [-0.2, -0.15) is 0 Å². The topological polar surface area (TPSA) is 55.1 Å². The molecule has 0 radical (unpaired) electrons. The maximum atomic E-state index is 12.5. The van der Waals surface area contributed by atoms with Gasteiger partial charge in [0.15, 0.2) is 0 Å². The van der Waals surface area contributed by atoms with Crippen LogP contribution in [0.5, 0.6) is 0 Å². The average Bonchev–Trinajstić information content (AvgIpc) is 2.91. The molecule has 1 atom stereocenters. The van der Waals surface area contributed by atoms with Gasteiger partial charge in [-0.15, -0.1) is 11.3 Å². The number of carbonyl (C=O) groups is 1. The Bertz CT molecular complexity index is 653. The largest absolute Gasteiger partial charge is 0.398 e. The van der Waals surface area contributed by atoms with Crippen molar-refractivity contribution in [1.29, 1.82) is 0 Å². The van der Waals surface area contributed by atoms with E-state index in [-0.39, 0.29) is 11.8 Å². The lowest BCUT2D eigenvalue weighted by Crippen LogP contribution is -2.23. The van der Waals surface area contributed by atoms with Crippen LogP contribution in [0.1, 0.15) is 29.2 Å². The monoisotopic (exact) mass is 350 g/mol. The lowest BCUT2D eigenvalue weighted by Gasteiger charge is -2.22. The lowest BCUT2D eigenvalue weighted by atomic mass is 9.87. The number of halogens is 1. The van der Waals surface area contributed by atoms with Gasteiger partial charge in [0.1, 0.15) is 0 Å². The standard InChI is InChI=1S/C15H15BrN2OS/c16-12-5-4-9(8-13(12)17)18-15(19)11-2-1-3-14-10(11)6-7-20-14/h4-8,11H,1-3,17H2,(H,18,19). The minimum Gasteiger partial charge on any atom is -0.398 e. The van der Waals surface area contributed by atoms with Crippen molar-refractivity contribution in [3.63, 3.8) is 0 Å². The highest BCUT2D eigenvalue weighted by molar-refractivity contribution is 9.10. The van der Waals surface area contributed by atoms with Gasteiger partial charge in [0, 0.05) is 20.7 Å². The summed E-state index contributed by atoms with van der Waals surface area (Å²) in [5.41, 5.74) is 8.41. The van der Waals surface area contributed by atoms with E-state index >= 15 is 0 Å². The smallest absolute Gasteiger partial charge is 0.231 e. The Morgan fingerprint density at radius 2 is 2.25 bits per heavy atom. The summed E-state index contributed by atoms with van der Waals surface area (Å²) in [6.07, 6.45) is 3.09. The van der Waals surface area contributed by atoms with Crippen LogP contribution in [0.2, 0.25) is 0 Å². The van der Waals surface area contributed by atoms with Crippen LogP contribution in [0.3, 0.4) is 0 Å². The molecule has 5 heteroatoms. The Kier molecular flexibility index (Phi) is 3.81. The number of hydrogen-bond acceptors (Lipinski definition) is 3. The summed E-state index contributed by atoms with van der Waals surface area (Å²) >= 11 is 5.10.